The molecule has 40 heavy (non-hydrogen) atoms. The average molecular weight is 523 g/mol. The highest BCUT2D eigenvalue weighted by molar-refractivity contribution is 5.94. The SMILES string of the molecule is C#CCn1c2c(c3ccccc31)C(c1ccc(F)cc1)c1c(c3ccccc3n1CC#C)C2c1ccc(F)cc1. The highest BCUT2D eigenvalue weighted by Crippen LogP contribution is 2.54. The molecule has 0 amide bonds. The number of terminal acetylenes is 2. The predicted octanol–water partition coefficient (Wildman–Crippen LogP) is 7.81. The fraction of sp³-hybridized carbons (Fsp3) is 0.111. The molecule has 0 fully saturated rings. The molecule has 0 saturated carbocycles. The third-order valence-electron chi connectivity index (χ3n) is 8.13. The van der Waals surface area contributed by atoms with Gasteiger partial charge in [0.15, 0.2) is 0 Å². The van der Waals surface area contributed by atoms with Crippen molar-refractivity contribution in [1.82, 2.24) is 9.13 Å². The van der Waals surface area contributed by atoms with Gasteiger partial charge < -0.3 is 9.13 Å². The van der Waals surface area contributed by atoms with Crippen molar-refractivity contribution in [2.75, 3.05) is 0 Å². The first-order chi connectivity index (χ1) is 19.6. The number of halogens is 2. The van der Waals surface area contributed by atoms with Gasteiger partial charge in [0.1, 0.15) is 11.6 Å². The summed E-state index contributed by atoms with van der Waals surface area (Å²) in [5.74, 6) is 4.69. The topological polar surface area (TPSA) is 9.86 Å². The summed E-state index contributed by atoms with van der Waals surface area (Å²) in [5.41, 5.74) is 8.34. The number of para-hydroxylation sites is 2. The van der Waals surface area contributed by atoms with Crippen molar-refractivity contribution in [1.29, 1.82) is 0 Å². The molecule has 0 radical (unpaired) electrons. The van der Waals surface area contributed by atoms with E-state index in [0.29, 0.717) is 13.1 Å². The summed E-state index contributed by atoms with van der Waals surface area (Å²) < 4.78 is 32.8. The molecule has 2 nitrogen and oxygen atoms in total. The van der Waals surface area contributed by atoms with E-state index in [1.54, 1.807) is 0 Å². The normalized spacial score (nSPS) is 15.9. The molecule has 2 aromatic heterocycles. The van der Waals surface area contributed by atoms with Crippen LogP contribution in [0.3, 0.4) is 0 Å². The van der Waals surface area contributed by atoms with Crippen LogP contribution in [0.15, 0.2) is 97.1 Å². The summed E-state index contributed by atoms with van der Waals surface area (Å²) in [5, 5.41) is 2.16. The fourth-order valence-electron chi connectivity index (χ4n) is 6.69. The van der Waals surface area contributed by atoms with Gasteiger partial charge in [-0.15, -0.1) is 12.8 Å². The Balaban J connectivity index is 1.71. The predicted molar refractivity (Wildman–Crippen MR) is 156 cm³/mol. The first kappa shape index (κ1) is 24.0. The molecular formula is C36H24F2N2. The molecular weight excluding hydrogens is 498 g/mol. The third kappa shape index (κ3) is 3.43. The Bertz CT molecular complexity index is 1850. The lowest BCUT2D eigenvalue weighted by molar-refractivity contribution is 0.624. The molecule has 4 aromatic carbocycles. The minimum Gasteiger partial charge on any atom is -0.332 e. The van der Waals surface area contributed by atoms with Gasteiger partial charge in [-0.25, -0.2) is 8.78 Å². The zero-order valence-electron chi connectivity index (χ0n) is 21.6. The molecule has 0 bridgehead atoms. The summed E-state index contributed by atoms with van der Waals surface area (Å²) >= 11 is 0. The number of benzene rings is 4. The molecule has 6 aromatic rings. The zero-order chi connectivity index (χ0) is 27.4. The number of aromatic nitrogens is 2. The van der Waals surface area contributed by atoms with Crippen LogP contribution in [0.1, 0.15) is 45.5 Å². The minimum absolute atomic E-state index is 0.230. The summed E-state index contributed by atoms with van der Waals surface area (Å²) in [7, 11) is 0. The quantitative estimate of drug-likeness (QED) is 0.209. The second-order valence-corrected chi connectivity index (χ2v) is 10.2. The highest BCUT2D eigenvalue weighted by atomic mass is 19.1. The molecule has 2 unspecified atom stereocenters. The van der Waals surface area contributed by atoms with Gasteiger partial charge in [-0.1, -0.05) is 72.5 Å². The number of hydrogen-bond donors (Lipinski definition) is 0. The lowest BCUT2D eigenvalue weighted by Crippen LogP contribution is -2.23. The summed E-state index contributed by atoms with van der Waals surface area (Å²) in [6.45, 7) is 0.754. The van der Waals surface area contributed by atoms with E-state index in [4.69, 9.17) is 12.8 Å². The standard InChI is InChI=1S/C36H24F2N2/c1-3-21-39-29-11-7-5-9-27(29)33-32(24-15-19-26(38)20-16-24)36-34(28-10-6-8-12-30(28)40(36)22-4-2)31(35(33)39)23-13-17-25(37)18-14-23/h1-2,5-20,31-32H,21-22H2. The average Bonchev–Trinajstić information content (AvgIpc) is 3.47. The molecule has 192 valence electrons. The molecule has 4 heteroatoms. The van der Waals surface area contributed by atoms with Crippen LogP contribution in [0.5, 0.6) is 0 Å². The van der Waals surface area contributed by atoms with E-state index in [-0.39, 0.29) is 23.5 Å². The van der Waals surface area contributed by atoms with Gasteiger partial charge in [-0.3, -0.25) is 0 Å². The van der Waals surface area contributed by atoms with Crippen LogP contribution in [-0.4, -0.2) is 9.13 Å². The smallest absolute Gasteiger partial charge is 0.123 e. The molecule has 7 rings (SSSR count). The molecule has 0 N–H and O–H groups in total. The number of hydrogen-bond acceptors (Lipinski definition) is 0. The lowest BCUT2D eigenvalue weighted by Gasteiger charge is -2.33. The molecule has 0 aliphatic heterocycles. The van der Waals surface area contributed by atoms with E-state index in [1.165, 1.54) is 24.3 Å². The van der Waals surface area contributed by atoms with Crippen LogP contribution in [0.4, 0.5) is 8.78 Å². The van der Waals surface area contributed by atoms with Crippen LogP contribution < -0.4 is 0 Å². The van der Waals surface area contributed by atoms with Crippen LogP contribution in [0, 0.1) is 36.3 Å². The second-order valence-electron chi connectivity index (χ2n) is 10.2. The Kier molecular flexibility index (Phi) is 5.58. The van der Waals surface area contributed by atoms with E-state index in [9.17, 15) is 8.78 Å². The monoisotopic (exact) mass is 522 g/mol. The first-order valence-corrected chi connectivity index (χ1v) is 13.2. The van der Waals surface area contributed by atoms with Crippen molar-refractivity contribution in [3.05, 3.63) is 142 Å². The molecule has 2 heterocycles. The molecule has 1 aliphatic rings. The zero-order valence-corrected chi connectivity index (χ0v) is 21.6. The first-order valence-electron chi connectivity index (χ1n) is 13.2. The third-order valence-corrected chi connectivity index (χ3v) is 8.13. The van der Waals surface area contributed by atoms with Crippen molar-refractivity contribution in [2.24, 2.45) is 0 Å². The Hall–Kier alpha value is -5.06. The van der Waals surface area contributed by atoms with Gasteiger partial charge in [0, 0.05) is 33.2 Å². The van der Waals surface area contributed by atoms with Crippen molar-refractivity contribution in [2.45, 2.75) is 24.9 Å². The van der Waals surface area contributed by atoms with Crippen LogP contribution in [0.25, 0.3) is 21.8 Å². The van der Waals surface area contributed by atoms with Gasteiger partial charge in [0.05, 0.1) is 24.9 Å². The maximum atomic E-state index is 14.2. The fourth-order valence-corrected chi connectivity index (χ4v) is 6.69. The van der Waals surface area contributed by atoms with Gasteiger partial charge in [-0.05, 0) is 58.7 Å². The van der Waals surface area contributed by atoms with Gasteiger partial charge in [-0.2, -0.15) is 0 Å². The Morgan fingerprint density at radius 2 is 0.925 bits per heavy atom. The number of rotatable bonds is 4. The number of fused-ring (bicyclic) bond motifs is 6. The van der Waals surface area contributed by atoms with Gasteiger partial charge >= 0.3 is 0 Å². The Labute approximate surface area is 231 Å². The molecule has 1 aliphatic carbocycles. The van der Waals surface area contributed by atoms with Crippen molar-refractivity contribution < 1.29 is 8.78 Å². The molecule has 2 atom stereocenters. The van der Waals surface area contributed by atoms with E-state index in [2.05, 4.69) is 45.2 Å². The summed E-state index contributed by atoms with van der Waals surface area (Å²) in [6.07, 6.45) is 11.9. The maximum Gasteiger partial charge on any atom is 0.123 e. The van der Waals surface area contributed by atoms with Crippen LogP contribution >= 0.6 is 0 Å². The van der Waals surface area contributed by atoms with Crippen LogP contribution in [0.2, 0.25) is 0 Å². The van der Waals surface area contributed by atoms with E-state index >= 15 is 0 Å². The number of nitrogens with zero attached hydrogens (tertiary/aromatic N) is 2. The van der Waals surface area contributed by atoms with Crippen molar-refractivity contribution >= 4 is 21.8 Å². The molecule has 0 saturated heterocycles. The highest BCUT2D eigenvalue weighted by Gasteiger charge is 2.42. The maximum absolute atomic E-state index is 14.2. The second kappa shape index (κ2) is 9.30. The van der Waals surface area contributed by atoms with Crippen molar-refractivity contribution in [3.63, 3.8) is 0 Å². The van der Waals surface area contributed by atoms with Crippen LogP contribution in [-0.2, 0) is 13.1 Å². The Morgan fingerprint density at radius 3 is 1.30 bits per heavy atom. The van der Waals surface area contributed by atoms with Crippen molar-refractivity contribution in [3.8, 4) is 24.7 Å². The van der Waals surface area contributed by atoms with E-state index in [0.717, 1.165) is 55.4 Å². The van der Waals surface area contributed by atoms with E-state index < -0.39 is 0 Å². The molecule has 0 spiro atoms. The van der Waals surface area contributed by atoms with E-state index in [1.807, 2.05) is 48.5 Å². The van der Waals surface area contributed by atoms with Gasteiger partial charge in [0.25, 0.3) is 0 Å². The largest absolute Gasteiger partial charge is 0.332 e. The van der Waals surface area contributed by atoms with Gasteiger partial charge in [0.2, 0.25) is 0 Å². The Morgan fingerprint density at radius 1 is 0.550 bits per heavy atom. The summed E-state index contributed by atoms with van der Waals surface area (Å²) in [6, 6.07) is 30.0. The minimum atomic E-state index is -0.289. The lowest BCUT2D eigenvalue weighted by atomic mass is 9.72. The summed E-state index contributed by atoms with van der Waals surface area (Å²) in [4.78, 5) is 0.